The smallest absolute Gasteiger partial charge is 0.171 e. The Labute approximate surface area is 103 Å². The summed E-state index contributed by atoms with van der Waals surface area (Å²) >= 11 is 0. The molecule has 0 bridgehead atoms. The molecule has 2 aromatic rings. The summed E-state index contributed by atoms with van der Waals surface area (Å²) in [5.74, 6) is 0.840. The van der Waals surface area contributed by atoms with Gasteiger partial charge in [-0.05, 0) is 6.92 Å². The molecule has 0 saturated carbocycles. The van der Waals surface area contributed by atoms with E-state index in [4.69, 9.17) is 10.00 Å². The average molecular weight is 243 g/mol. The zero-order valence-corrected chi connectivity index (χ0v) is 9.78. The number of carbonyl (C=O) groups is 1. The molecule has 0 saturated heterocycles. The molecule has 90 valence electrons. The Balaban J connectivity index is 2.56. The zero-order valence-electron chi connectivity index (χ0n) is 9.78. The first kappa shape index (κ1) is 11.7. The number of methoxy groups -OCH3 is 1. The molecule has 0 unspecified atom stereocenters. The molecule has 7 nitrogen and oxygen atoms in total. The van der Waals surface area contributed by atoms with Crippen LogP contribution in [-0.4, -0.2) is 33.4 Å². The summed E-state index contributed by atoms with van der Waals surface area (Å²) in [6.45, 7) is 1.70. The summed E-state index contributed by atoms with van der Waals surface area (Å²) in [5, 5.41) is 16.4. The van der Waals surface area contributed by atoms with E-state index in [-0.39, 0.29) is 5.69 Å². The molecule has 0 N–H and O–H groups in total. The van der Waals surface area contributed by atoms with Crippen molar-refractivity contribution in [3.63, 3.8) is 0 Å². The van der Waals surface area contributed by atoms with Crippen LogP contribution < -0.4 is 4.74 Å². The van der Waals surface area contributed by atoms with Gasteiger partial charge in [0, 0.05) is 6.07 Å². The summed E-state index contributed by atoms with van der Waals surface area (Å²) in [6.07, 6.45) is 2.04. The fourth-order valence-corrected chi connectivity index (χ4v) is 1.48. The summed E-state index contributed by atoms with van der Waals surface area (Å²) < 4.78 is 6.47. The summed E-state index contributed by atoms with van der Waals surface area (Å²) in [6, 6.07) is 3.59. The highest BCUT2D eigenvalue weighted by atomic mass is 16.5. The predicted molar refractivity (Wildman–Crippen MR) is 60.5 cm³/mol. The van der Waals surface area contributed by atoms with Gasteiger partial charge in [-0.3, -0.25) is 4.79 Å². The third-order valence-corrected chi connectivity index (χ3v) is 2.35. The third-order valence-electron chi connectivity index (χ3n) is 2.35. The molecule has 0 spiro atoms. The van der Waals surface area contributed by atoms with Crippen LogP contribution in [0.4, 0.5) is 0 Å². The number of carbonyl (C=O) groups excluding carboxylic acids is 1. The lowest BCUT2D eigenvalue weighted by Gasteiger charge is -2.07. The van der Waals surface area contributed by atoms with Gasteiger partial charge in [-0.25, -0.2) is 9.67 Å². The maximum absolute atomic E-state index is 10.5. The topological polar surface area (TPSA) is 93.7 Å². The molecule has 2 heterocycles. The first-order chi connectivity index (χ1) is 8.69. The maximum atomic E-state index is 10.5. The van der Waals surface area contributed by atoms with Crippen LogP contribution in [0.5, 0.6) is 5.75 Å². The van der Waals surface area contributed by atoms with Gasteiger partial charge in [0.1, 0.15) is 23.1 Å². The van der Waals surface area contributed by atoms with E-state index in [9.17, 15) is 4.79 Å². The van der Waals surface area contributed by atoms with E-state index < -0.39 is 0 Å². The molecule has 0 atom stereocenters. The van der Waals surface area contributed by atoms with Gasteiger partial charge in [-0.15, -0.1) is 5.10 Å². The lowest BCUT2D eigenvalue weighted by atomic mass is 10.2. The van der Waals surface area contributed by atoms with Crippen LogP contribution in [0.15, 0.2) is 12.3 Å². The van der Waals surface area contributed by atoms with E-state index in [1.165, 1.54) is 18.0 Å². The van der Waals surface area contributed by atoms with Gasteiger partial charge in [0.25, 0.3) is 0 Å². The molecule has 2 aromatic heterocycles. The van der Waals surface area contributed by atoms with Crippen molar-refractivity contribution in [1.82, 2.24) is 20.0 Å². The van der Waals surface area contributed by atoms with Gasteiger partial charge < -0.3 is 4.74 Å². The second kappa shape index (κ2) is 4.63. The Morgan fingerprint density at radius 2 is 2.33 bits per heavy atom. The first-order valence-electron chi connectivity index (χ1n) is 5.03. The number of pyridine rings is 1. The average Bonchev–Trinajstić information content (AvgIpc) is 2.86. The Hall–Kier alpha value is -2.75. The van der Waals surface area contributed by atoms with Gasteiger partial charge in [0.05, 0.1) is 19.0 Å². The Kier molecular flexibility index (Phi) is 3.02. The van der Waals surface area contributed by atoms with E-state index in [1.54, 1.807) is 13.0 Å². The maximum Gasteiger partial charge on any atom is 0.171 e. The number of rotatable bonds is 3. The Morgan fingerprint density at radius 3 is 2.89 bits per heavy atom. The fraction of sp³-hybridized carbons (Fsp3) is 0.182. The molecule has 0 amide bonds. The number of aryl methyl sites for hydroxylation is 1. The largest absolute Gasteiger partial charge is 0.495 e. The molecule has 18 heavy (non-hydrogen) atoms. The van der Waals surface area contributed by atoms with E-state index in [0.717, 1.165) is 0 Å². The fourth-order valence-electron chi connectivity index (χ4n) is 1.48. The highest BCUT2D eigenvalue weighted by molar-refractivity contribution is 5.70. The molecule has 0 aliphatic heterocycles. The minimum Gasteiger partial charge on any atom is -0.495 e. The monoisotopic (exact) mass is 243 g/mol. The number of aldehydes is 1. The van der Waals surface area contributed by atoms with Gasteiger partial charge in [-0.1, -0.05) is 5.21 Å². The second-order valence-electron chi connectivity index (χ2n) is 3.46. The van der Waals surface area contributed by atoms with E-state index >= 15 is 0 Å². The van der Waals surface area contributed by atoms with E-state index in [2.05, 4.69) is 15.3 Å². The highest BCUT2D eigenvalue weighted by Crippen LogP contribution is 2.22. The van der Waals surface area contributed by atoms with Crippen molar-refractivity contribution in [2.45, 2.75) is 6.92 Å². The van der Waals surface area contributed by atoms with Gasteiger partial charge in [0.2, 0.25) is 0 Å². The van der Waals surface area contributed by atoms with Crippen molar-refractivity contribution >= 4 is 6.29 Å². The minimum absolute atomic E-state index is 0.206. The number of hydrogen-bond donors (Lipinski definition) is 0. The molecule has 7 heteroatoms. The third kappa shape index (κ3) is 1.91. The molecule has 0 fully saturated rings. The predicted octanol–water partition coefficient (Wildman–Crippen LogP) is 0.663. The zero-order chi connectivity index (χ0) is 13.1. The summed E-state index contributed by atoms with van der Waals surface area (Å²) in [7, 11) is 1.47. The van der Waals surface area contributed by atoms with Crippen molar-refractivity contribution in [2.75, 3.05) is 7.11 Å². The number of ether oxygens (including phenoxy) is 1. The molecule has 0 radical (unpaired) electrons. The van der Waals surface area contributed by atoms with Crippen LogP contribution >= 0.6 is 0 Å². The van der Waals surface area contributed by atoms with Crippen molar-refractivity contribution in [3.8, 4) is 17.6 Å². The Bertz CT molecular complexity index is 641. The standard InChI is InChI=1S/C11H9N5O2/c1-7-9(4-12)10(18-2)3-11(13-7)16-5-8(6-17)14-15-16/h3,5-6H,1-2H3. The van der Waals surface area contributed by atoms with Crippen LogP contribution in [0.25, 0.3) is 5.82 Å². The number of nitrogens with zero attached hydrogens (tertiary/aromatic N) is 5. The lowest BCUT2D eigenvalue weighted by molar-refractivity contribution is 0.111. The van der Waals surface area contributed by atoms with Crippen LogP contribution in [-0.2, 0) is 0 Å². The van der Waals surface area contributed by atoms with Crippen molar-refractivity contribution < 1.29 is 9.53 Å². The number of nitriles is 1. The van der Waals surface area contributed by atoms with Gasteiger partial charge in [0.15, 0.2) is 12.1 Å². The molecular weight excluding hydrogens is 234 g/mol. The van der Waals surface area contributed by atoms with E-state index in [1.807, 2.05) is 6.07 Å². The molecule has 0 aliphatic carbocycles. The quantitative estimate of drug-likeness (QED) is 0.735. The molecule has 0 aliphatic rings. The highest BCUT2D eigenvalue weighted by Gasteiger charge is 2.12. The van der Waals surface area contributed by atoms with Crippen molar-refractivity contribution in [1.29, 1.82) is 5.26 Å². The number of aromatic nitrogens is 4. The summed E-state index contributed by atoms with van der Waals surface area (Å²) in [4.78, 5) is 14.8. The lowest BCUT2D eigenvalue weighted by Crippen LogP contribution is -2.03. The SMILES string of the molecule is COc1cc(-n2cc(C=O)nn2)nc(C)c1C#N. The molecule has 2 rings (SSSR count). The Morgan fingerprint density at radius 1 is 1.56 bits per heavy atom. The van der Waals surface area contributed by atoms with Crippen LogP contribution in [0.1, 0.15) is 21.7 Å². The van der Waals surface area contributed by atoms with E-state index in [0.29, 0.717) is 29.1 Å². The first-order valence-corrected chi connectivity index (χ1v) is 5.03. The van der Waals surface area contributed by atoms with Crippen molar-refractivity contribution in [3.05, 3.63) is 29.2 Å². The normalized spacial score (nSPS) is 9.83. The van der Waals surface area contributed by atoms with Gasteiger partial charge in [-0.2, -0.15) is 5.26 Å². The summed E-state index contributed by atoms with van der Waals surface area (Å²) in [5.41, 5.74) is 1.10. The van der Waals surface area contributed by atoms with Crippen LogP contribution in [0.2, 0.25) is 0 Å². The van der Waals surface area contributed by atoms with Gasteiger partial charge >= 0.3 is 0 Å². The number of hydrogen-bond acceptors (Lipinski definition) is 6. The molecular formula is C11H9N5O2. The van der Waals surface area contributed by atoms with Crippen molar-refractivity contribution in [2.24, 2.45) is 0 Å². The minimum atomic E-state index is 0.206. The molecule has 0 aromatic carbocycles. The van der Waals surface area contributed by atoms with Crippen LogP contribution in [0.3, 0.4) is 0 Å². The second-order valence-corrected chi connectivity index (χ2v) is 3.46. The van der Waals surface area contributed by atoms with Crippen LogP contribution in [0, 0.1) is 18.3 Å².